The molecule has 1 rings (SSSR count). The van der Waals surface area contributed by atoms with Crippen LogP contribution in [0, 0.1) is 20.8 Å². The second-order valence-corrected chi connectivity index (χ2v) is 3.25. The maximum atomic E-state index is 3.88. The van der Waals surface area contributed by atoms with Crippen LogP contribution in [-0.2, 0) is 0 Å². The van der Waals surface area contributed by atoms with Crippen LogP contribution in [-0.4, -0.2) is 0 Å². The van der Waals surface area contributed by atoms with E-state index < -0.39 is 0 Å². The summed E-state index contributed by atoms with van der Waals surface area (Å²) < 4.78 is 0. The Morgan fingerprint density at radius 1 is 1.38 bits per heavy atom. The van der Waals surface area contributed by atoms with Crippen molar-refractivity contribution in [3.8, 4) is 0 Å². The molecule has 0 aromatic heterocycles. The quantitative estimate of drug-likeness (QED) is 0.692. The molecule has 0 amide bonds. The zero-order chi connectivity index (χ0) is 9.84. The van der Waals surface area contributed by atoms with Crippen LogP contribution in [0.4, 0.5) is 5.69 Å². The molecule has 0 aliphatic carbocycles. The first-order chi connectivity index (χ1) is 6.15. The first-order valence-electron chi connectivity index (χ1n) is 4.45. The van der Waals surface area contributed by atoms with Gasteiger partial charge in [0.05, 0.1) is 0 Å². The lowest BCUT2D eigenvalue weighted by Gasteiger charge is -2.14. The van der Waals surface area contributed by atoms with Crippen molar-refractivity contribution in [2.24, 2.45) is 0 Å². The summed E-state index contributed by atoms with van der Waals surface area (Å²) in [6.07, 6.45) is 0.716. The average Bonchev–Trinajstić information content (AvgIpc) is 2.11. The summed E-state index contributed by atoms with van der Waals surface area (Å²) >= 11 is 0. The number of para-hydroxylation sites is 1. The molecule has 1 aromatic rings. The van der Waals surface area contributed by atoms with Gasteiger partial charge in [0.2, 0.25) is 0 Å². The number of aryl methyl sites for hydroxylation is 2. The minimum Gasteiger partial charge on any atom is -0.362 e. The molecule has 0 aliphatic heterocycles. The molecule has 0 heterocycles. The molecular weight excluding hydrogens is 158 g/mol. The van der Waals surface area contributed by atoms with E-state index in [1.807, 2.05) is 0 Å². The van der Waals surface area contributed by atoms with Gasteiger partial charge in [-0.15, -0.1) is 6.42 Å². The summed E-state index contributed by atoms with van der Waals surface area (Å²) in [7, 11) is 0. The molecule has 0 radical (unpaired) electrons. The first kappa shape index (κ1) is 9.85. The van der Waals surface area contributed by atoms with E-state index in [2.05, 4.69) is 50.9 Å². The van der Waals surface area contributed by atoms with Crippen LogP contribution < -0.4 is 5.32 Å². The smallest absolute Gasteiger partial charge is 0.0440 e. The number of hydrogen-bond acceptors (Lipinski definition) is 1. The van der Waals surface area contributed by atoms with Gasteiger partial charge < -0.3 is 12.2 Å². The fourth-order valence-corrected chi connectivity index (χ4v) is 1.25. The van der Waals surface area contributed by atoms with Gasteiger partial charge in [-0.3, -0.25) is 0 Å². The minimum absolute atomic E-state index is 0.716. The second-order valence-electron chi connectivity index (χ2n) is 3.25. The van der Waals surface area contributed by atoms with E-state index in [0.717, 1.165) is 11.4 Å². The summed E-state index contributed by atoms with van der Waals surface area (Å²) in [5, 5.41) is 3.27. The van der Waals surface area contributed by atoms with Gasteiger partial charge in [0.15, 0.2) is 0 Å². The molecule has 1 N–H and O–H groups in total. The van der Waals surface area contributed by atoms with Crippen molar-refractivity contribution < 1.29 is 0 Å². The van der Waals surface area contributed by atoms with Crippen molar-refractivity contribution in [2.75, 3.05) is 5.32 Å². The van der Waals surface area contributed by atoms with Gasteiger partial charge in [-0.2, -0.15) is 0 Å². The molecule has 0 spiro atoms. The Hall–Kier alpha value is -1.24. The topological polar surface area (TPSA) is 12.0 Å². The number of nitrogens with one attached hydrogen (secondary N) is 1. The third-order valence-corrected chi connectivity index (χ3v) is 2.08. The normalized spacial score (nSPS) is 9.77. The highest BCUT2D eigenvalue weighted by atomic mass is 14.9. The van der Waals surface area contributed by atoms with Crippen LogP contribution in [0.1, 0.15) is 17.5 Å². The second kappa shape index (κ2) is 4.13. The Morgan fingerprint density at radius 2 is 1.92 bits per heavy atom. The van der Waals surface area contributed by atoms with E-state index >= 15 is 0 Å². The van der Waals surface area contributed by atoms with Crippen LogP contribution in [0.2, 0.25) is 0 Å². The highest BCUT2D eigenvalue weighted by Crippen LogP contribution is 2.21. The lowest BCUT2D eigenvalue weighted by molar-refractivity contribution is 1.21. The third-order valence-electron chi connectivity index (χ3n) is 2.08. The minimum atomic E-state index is 0.716. The summed E-state index contributed by atoms with van der Waals surface area (Å²) in [5.74, 6) is 0. The van der Waals surface area contributed by atoms with Crippen LogP contribution in [0.5, 0.6) is 0 Å². The molecule has 0 bridgehead atoms. The molecule has 0 aliphatic rings. The number of anilines is 1. The SMILES string of the molecule is C=C(C[CH2-])Nc1c(C)cccc1C. The molecule has 0 unspecified atom stereocenters. The summed E-state index contributed by atoms with van der Waals surface area (Å²) in [6, 6.07) is 6.24. The summed E-state index contributed by atoms with van der Waals surface area (Å²) in [6.45, 7) is 11.8. The standard InChI is InChI=1S/C12H16N/c1-5-11(4)13-12-9(2)7-6-8-10(12)3/h6-8,13H,1,4-5H2,2-3H3/q-1. The van der Waals surface area contributed by atoms with E-state index in [1.165, 1.54) is 11.1 Å². The predicted molar refractivity (Wildman–Crippen MR) is 58.7 cm³/mol. The van der Waals surface area contributed by atoms with Gasteiger partial charge >= 0.3 is 0 Å². The zero-order valence-corrected chi connectivity index (χ0v) is 8.35. The lowest BCUT2D eigenvalue weighted by atomic mass is 10.1. The van der Waals surface area contributed by atoms with Gasteiger partial charge in [-0.1, -0.05) is 24.8 Å². The van der Waals surface area contributed by atoms with Crippen molar-refractivity contribution in [1.29, 1.82) is 0 Å². The number of allylic oxidation sites excluding steroid dienone is 1. The Labute approximate surface area is 80.5 Å². The molecule has 0 saturated carbocycles. The van der Waals surface area contributed by atoms with Crippen molar-refractivity contribution in [3.05, 3.63) is 48.5 Å². The zero-order valence-electron chi connectivity index (χ0n) is 8.35. The molecule has 0 fully saturated rings. The first-order valence-corrected chi connectivity index (χ1v) is 4.45. The third kappa shape index (κ3) is 2.35. The summed E-state index contributed by atoms with van der Waals surface area (Å²) in [5.41, 5.74) is 4.61. The van der Waals surface area contributed by atoms with Crippen molar-refractivity contribution in [2.45, 2.75) is 20.3 Å². The van der Waals surface area contributed by atoms with Crippen LogP contribution in [0.3, 0.4) is 0 Å². The molecule has 0 atom stereocenters. The maximum absolute atomic E-state index is 3.88. The molecular formula is C12H16N-. The Bertz CT molecular complexity index is 293. The van der Waals surface area contributed by atoms with Gasteiger partial charge in [-0.25, -0.2) is 0 Å². The average molecular weight is 174 g/mol. The largest absolute Gasteiger partial charge is 0.362 e. The Morgan fingerprint density at radius 3 is 2.38 bits per heavy atom. The lowest BCUT2D eigenvalue weighted by Crippen LogP contribution is -2.00. The predicted octanol–water partition coefficient (Wildman–Crippen LogP) is 3.45. The number of rotatable bonds is 3. The van der Waals surface area contributed by atoms with Crippen LogP contribution >= 0.6 is 0 Å². The highest BCUT2D eigenvalue weighted by Gasteiger charge is 2.00. The fraction of sp³-hybridized carbons (Fsp3) is 0.250. The van der Waals surface area contributed by atoms with Crippen molar-refractivity contribution in [1.82, 2.24) is 0 Å². The summed E-state index contributed by atoms with van der Waals surface area (Å²) in [4.78, 5) is 0. The van der Waals surface area contributed by atoms with E-state index in [9.17, 15) is 0 Å². The van der Waals surface area contributed by atoms with Gasteiger partial charge in [0.1, 0.15) is 0 Å². The van der Waals surface area contributed by atoms with E-state index in [1.54, 1.807) is 0 Å². The van der Waals surface area contributed by atoms with Gasteiger partial charge in [0.25, 0.3) is 0 Å². The van der Waals surface area contributed by atoms with E-state index in [4.69, 9.17) is 0 Å². The Balaban J connectivity index is 2.93. The van der Waals surface area contributed by atoms with Crippen molar-refractivity contribution in [3.63, 3.8) is 0 Å². The van der Waals surface area contributed by atoms with Gasteiger partial charge in [-0.05, 0) is 30.7 Å². The Kier molecular flexibility index (Phi) is 3.13. The molecule has 13 heavy (non-hydrogen) atoms. The highest BCUT2D eigenvalue weighted by molar-refractivity contribution is 5.59. The number of benzene rings is 1. The molecule has 1 heteroatoms. The van der Waals surface area contributed by atoms with Gasteiger partial charge in [0, 0.05) is 5.69 Å². The number of hydrogen-bond donors (Lipinski definition) is 1. The monoisotopic (exact) mass is 174 g/mol. The van der Waals surface area contributed by atoms with E-state index in [0.29, 0.717) is 6.42 Å². The van der Waals surface area contributed by atoms with Crippen LogP contribution in [0.25, 0.3) is 0 Å². The molecule has 1 aromatic carbocycles. The maximum Gasteiger partial charge on any atom is 0.0440 e. The molecule has 70 valence electrons. The molecule has 1 nitrogen and oxygen atoms in total. The fourth-order valence-electron chi connectivity index (χ4n) is 1.25. The van der Waals surface area contributed by atoms with Crippen LogP contribution in [0.15, 0.2) is 30.5 Å². The van der Waals surface area contributed by atoms with E-state index in [-0.39, 0.29) is 0 Å². The molecule has 0 saturated heterocycles. The van der Waals surface area contributed by atoms with Crippen molar-refractivity contribution >= 4 is 5.69 Å².